The van der Waals surface area contributed by atoms with Crippen molar-refractivity contribution in [3.63, 3.8) is 0 Å². The van der Waals surface area contributed by atoms with Crippen LogP contribution < -0.4 is 10.2 Å². The molecule has 2 saturated heterocycles. The third-order valence-corrected chi connectivity index (χ3v) is 5.63. The summed E-state index contributed by atoms with van der Waals surface area (Å²) in [7, 11) is 0. The highest BCUT2D eigenvalue weighted by atomic mass is 16.5. The van der Waals surface area contributed by atoms with E-state index in [0.717, 1.165) is 75.8 Å². The summed E-state index contributed by atoms with van der Waals surface area (Å²) < 4.78 is 7.50. The monoisotopic (exact) mass is 389 g/mol. The van der Waals surface area contributed by atoms with Crippen molar-refractivity contribution in [3.8, 4) is 0 Å². The standard InChI is InChI=1S/C19H31N7O2/c1-14(2)26-13-21-16-17(20-5-7-24-8-10-28-11-9-24)22-19(23-18(16)26)25-6-3-4-15(25)12-27/h13-15,27H,3-12H2,1-2H3,(H,20,22,23). The Morgan fingerprint density at radius 2 is 2.07 bits per heavy atom. The second-order valence-electron chi connectivity index (χ2n) is 7.84. The molecule has 0 saturated carbocycles. The molecule has 2 aromatic rings. The smallest absolute Gasteiger partial charge is 0.229 e. The van der Waals surface area contributed by atoms with Crippen LogP contribution in [0.4, 0.5) is 11.8 Å². The van der Waals surface area contributed by atoms with Crippen LogP contribution in [0, 0.1) is 0 Å². The predicted octanol–water partition coefficient (Wildman–Crippen LogP) is 1.11. The van der Waals surface area contributed by atoms with E-state index in [1.165, 1.54) is 0 Å². The average molecular weight is 390 g/mol. The number of hydrogen-bond acceptors (Lipinski definition) is 8. The van der Waals surface area contributed by atoms with Gasteiger partial charge in [0, 0.05) is 38.8 Å². The Labute approximate surface area is 165 Å². The molecule has 0 amide bonds. The van der Waals surface area contributed by atoms with E-state index in [0.29, 0.717) is 5.95 Å². The van der Waals surface area contributed by atoms with Gasteiger partial charge in [0.25, 0.3) is 0 Å². The summed E-state index contributed by atoms with van der Waals surface area (Å²) in [5, 5.41) is 13.2. The molecule has 28 heavy (non-hydrogen) atoms. The van der Waals surface area contributed by atoms with Crippen molar-refractivity contribution >= 4 is 22.9 Å². The quantitative estimate of drug-likeness (QED) is 0.728. The minimum Gasteiger partial charge on any atom is -0.394 e. The third-order valence-electron chi connectivity index (χ3n) is 5.63. The summed E-state index contributed by atoms with van der Waals surface area (Å²) in [6.07, 6.45) is 3.87. The summed E-state index contributed by atoms with van der Waals surface area (Å²) in [6, 6.07) is 0.357. The van der Waals surface area contributed by atoms with Gasteiger partial charge in [0.2, 0.25) is 5.95 Å². The lowest BCUT2D eigenvalue weighted by molar-refractivity contribution is 0.0398. The van der Waals surface area contributed by atoms with Crippen LogP contribution in [0.25, 0.3) is 11.2 Å². The van der Waals surface area contributed by atoms with Gasteiger partial charge in [-0.25, -0.2) is 4.98 Å². The molecule has 154 valence electrons. The van der Waals surface area contributed by atoms with Crippen molar-refractivity contribution in [1.82, 2.24) is 24.4 Å². The number of nitrogens with one attached hydrogen (secondary N) is 1. The van der Waals surface area contributed by atoms with Gasteiger partial charge >= 0.3 is 0 Å². The van der Waals surface area contributed by atoms with Crippen LogP contribution in [0.15, 0.2) is 6.33 Å². The van der Waals surface area contributed by atoms with E-state index in [1.54, 1.807) is 0 Å². The van der Waals surface area contributed by atoms with Crippen LogP contribution in [0.3, 0.4) is 0 Å². The average Bonchev–Trinajstić information content (AvgIpc) is 3.35. The number of aromatic nitrogens is 4. The molecule has 9 nitrogen and oxygen atoms in total. The molecule has 2 aliphatic heterocycles. The largest absolute Gasteiger partial charge is 0.394 e. The zero-order valence-electron chi connectivity index (χ0n) is 16.8. The maximum Gasteiger partial charge on any atom is 0.229 e. The molecule has 1 unspecified atom stereocenters. The van der Waals surface area contributed by atoms with E-state index in [2.05, 4.69) is 38.5 Å². The fourth-order valence-electron chi connectivity index (χ4n) is 3.98. The molecule has 4 heterocycles. The zero-order chi connectivity index (χ0) is 19.5. The summed E-state index contributed by atoms with van der Waals surface area (Å²) in [5.41, 5.74) is 1.65. The van der Waals surface area contributed by atoms with E-state index in [4.69, 9.17) is 14.7 Å². The first-order valence-corrected chi connectivity index (χ1v) is 10.3. The molecular formula is C19H31N7O2. The van der Waals surface area contributed by atoms with Crippen molar-refractivity contribution in [2.45, 2.75) is 38.8 Å². The second kappa shape index (κ2) is 8.59. The first kappa shape index (κ1) is 19.4. The number of aliphatic hydroxyl groups excluding tert-OH is 1. The molecule has 0 radical (unpaired) electrons. The van der Waals surface area contributed by atoms with Gasteiger partial charge < -0.3 is 24.6 Å². The first-order chi connectivity index (χ1) is 13.7. The molecule has 2 aliphatic rings. The van der Waals surface area contributed by atoms with Gasteiger partial charge in [-0.05, 0) is 26.7 Å². The molecule has 2 aromatic heterocycles. The zero-order valence-corrected chi connectivity index (χ0v) is 16.8. The Kier molecular flexibility index (Phi) is 5.93. The minimum atomic E-state index is 0.0917. The fraction of sp³-hybridized carbons (Fsp3) is 0.737. The molecule has 0 bridgehead atoms. The summed E-state index contributed by atoms with van der Waals surface area (Å²) in [5.74, 6) is 1.46. The lowest BCUT2D eigenvalue weighted by atomic mass is 10.2. The van der Waals surface area contributed by atoms with Crippen LogP contribution in [-0.4, -0.2) is 88.1 Å². The van der Waals surface area contributed by atoms with Gasteiger partial charge in [-0.3, -0.25) is 4.90 Å². The fourth-order valence-corrected chi connectivity index (χ4v) is 3.98. The Morgan fingerprint density at radius 3 is 2.82 bits per heavy atom. The van der Waals surface area contributed by atoms with E-state index in [-0.39, 0.29) is 18.7 Å². The number of imidazole rings is 1. The van der Waals surface area contributed by atoms with Gasteiger partial charge in [-0.1, -0.05) is 0 Å². The molecule has 1 atom stereocenters. The summed E-state index contributed by atoms with van der Waals surface area (Å²) in [4.78, 5) is 18.8. The molecule has 9 heteroatoms. The Bertz CT molecular complexity index is 788. The lowest BCUT2D eigenvalue weighted by Crippen LogP contribution is -2.39. The molecular weight excluding hydrogens is 358 g/mol. The van der Waals surface area contributed by atoms with Crippen LogP contribution in [0.1, 0.15) is 32.7 Å². The van der Waals surface area contributed by atoms with Gasteiger partial charge in [-0.15, -0.1) is 0 Å². The van der Waals surface area contributed by atoms with Crippen molar-refractivity contribution < 1.29 is 9.84 Å². The van der Waals surface area contributed by atoms with Crippen molar-refractivity contribution in [3.05, 3.63) is 6.33 Å². The SMILES string of the molecule is CC(C)n1cnc2c(NCCN3CCOCC3)nc(N3CCCC3CO)nc21. The van der Waals surface area contributed by atoms with E-state index in [9.17, 15) is 5.11 Å². The molecule has 2 N–H and O–H groups in total. The summed E-state index contributed by atoms with van der Waals surface area (Å²) >= 11 is 0. The predicted molar refractivity (Wildman–Crippen MR) is 109 cm³/mol. The minimum absolute atomic E-state index is 0.0917. The topological polar surface area (TPSA) is 91.6 Å². The first-order valence-electron chi connectivity index (χ1n) is 10.3. The van der Waals surface area contributed by atoms with E-state index >= 15 is 0 Å². The lowest BCUT2D eigenvalue weighted by Gasteiger charge is -2.27. The molecule has 2 fully saturated rings. The number of ether oxygens (including phenoxy) is 1. The third kappa shape index (κ3) is 3.92. The molecule has 0 aromatic carbocycles. The molecule has 4 rings (SSSR count). The number of fused-ring (bicyclic) bond motifs is 1. The van der Waals surface area contributed by atoms with Gasteiger partial charge in [0.05, 0.1) is 32.2 Å². The van der Waals surface area contributed by atoms with E-state index in [1.807, 2.05) is 6.33 Å². The Morgan fingerprint density at radius 1 is 1.25 bits per heavy atom. The van der Waals surface area contributed by atoms with Crippen LogP contribution in [0.2, 0.25) is 0 Å². The summed E-state index contributed by atoms with van der Waals surface area (Å²) in [6.45, 7) is 10.5. The maximum absolute atomic E-state index is 9.72. The molecule has 0 aliphatic carbocycles. The van der Waals surface area contributed by atoms with Crippen molar-refractivity contribution in [2.75, 3.05) is 62.8 Å². The molecule has 0 spiro atoms. The van der Waals surface area contributed by atoms with Crippen molar-refractivity contribution in [2.24, 2.45) is 0 Å². The van der Waals surface area contributed by atoms with Crippen molar-refractivity contribution in [1.29, 1.82) is 0 Å². The maximum atomic E-state index is 9.72. The van der Waals surface area contributed by atoms with Gasteiger partial charge in [0.15, 0.2) is 17.0 Å². The highest BCUT2D eigenvalue weighted by Gasteiger charge is 2.27. The Hall–Kier alpha value is -1.97. The Balaban J connectivity index is 1.59. The number of morpholine rings is 1. The van der Waals surface area contributed by atoms with E-state index < -0.39 is 0 Å². The normalized spacial score (nSPS) is 21.1. The van der Waals surface area contributed by atoms with Crippen LogP contribution in [-0.2, 0) is 4.74 Å². The van der Waals surface area contributed by atoms with Gasteiger partial charge in [-0.2, -0.15) is 9.97 Å². The second-order valence-corrected chi connectivity index (χ2v) is 7.84. The van der Waals surface area contributed by atoms with Crippen LogP contribution >= 0.6 is 0 Å². The number of anilines is 2. The van der Waals surface area contributed by atoms with Crippen LogP contribution in [0.5, 0.6) is 0 Å². The number of aliphatic hydroxyl groups is 1. The number of nitrogens with zero attached hydrogens (tertiary/aromatic N) is 6. The number of rotatable bonds is 7. The van der Waals surface area contributed by atoms with Gasteiger partial charge in [0.1, 0.15) is 0 Å². The highest BCUT2D eigenvalue weighted by molar-refractivity contribution is 5.84. The highest BCUT2D eigenvalue weighted by Crippen LogP contribution is 2.28. The number of hydrogen-bond donors (Lipinski definition) is 2.